The monoisotopic (exact) mass is 454 g/mol. The Morgan fingerprint density at radius 3 is 2.52 bits per heavy atom. The van der Waals surface area contributed by atoms with Crippen LogP contribution in [-0.2, 0) is 11.2 Å². The highest BCUT2D eigenvalue weighted by molar-refractivity contribution is 8.19. The highest BCUT2D eigenvalue weighted by Gasteiger charge is 2.36. The molecule has 1 aliphatic rings. The molecule has 1 fully saturated rings. The number of carbonyl (C=O) groups is 2. The van der Waals surface area contributed by atoms with Crippen molar-refractivity contribution in [3.05, 3.63) is 86.0 Å². The second-order valence-electron chi connectivity index (χ2n) is 6.66. The van der Waals surface area contributed by atoms with Crippen LogP contribution in [0.3, 0.4) is 0 Å². The smallest absolute Gasteiger partial charge is 0.298 e. The van der Waals surface area contributed by atoms with E-state index >= 15 is 0 Å². The number of thioether (sulfide) groups is 1. The summed E-state index contributed by atoms with van der Waals surface area (Å²) in [6.45, 7) is 2.03. The van der Waals surface area contributed by atoms with Crippen molar-refractivity contribution >= 4 is 52.0 Å². The predicted molar refractivity (Wildman–Crippen MR) is 120 cm³/mol. The summed E-state index contributed by atoms with van der Waals surface area (Å²) in [6, 6.07) is 14.6. The summed E-state index contributed by atoms with van der Waals surface area (Å²) >= 11 is 6.98. The van der Waals surface area contributed by atoms with E-state index in [1.807, 2.05) is 19.1 Å². The van der Waals surface area contributed by atoms with Crippen molar-refractivity contribution in [3.63, 3.8) is 0 Å². The van der Waals surface area contributed by atoms with Gasteiger partial charge in [0.25, 0.3) is 16.8 Å². The Balaban J connectivity index is 1.58. The number of nitrogens with zero attached hydrogens (tertiary/aromatic N) is 2. The summed E-state index contributed by atoms with van der Waals surface area (Å²) in [6.07, 6.45) is 2.36. The maximum Gasteiger partial charge on any atom is 0.298 e. The first-order chi connectivity index (χ1) is 14.9. The summed E-state index contributed by atoms with van der Waals surface area (Å²) in [4.78, 5) is 36.9. The van der Waals surface area contributed by atoms with Crippen molar-refractivity contribution in [1.29, 1.82) is 0 Å². The molecule has 0 radical (unpaired) electrons. The minimum atomic E-state index is -0.533. The van der Waals surface area contributed by atoms with Gasteiger partial charge in [0.05, 0.1) is 20.5 Å². The molecule has 0 N–H and O–H groups in total. The number of anilines is 1. The molecule has 0 atom stereocenters. The van der Waals surface area contributed by atoms with E-state index in [0.29, 0.717) is 22.8 Å². The molecular formula is C22H15ClN2O5S. The topological polar surface area (TPSA) is 93.7 Å². The standard InChI is InChI=1S/C22H15ClN2O5S/c1-2-13-3-5-14(6-4-13)24-21(26)20(31-22(24)27)12-16-8-10-19(30-16)17-9-7-15(25(28)29)11-18(17)23/h3-12H,2H2,1H3/b20-12+. The first kappa shape index (κ1) is 20.9. The van der Waals surface area contributed by atoms with Crippen LogP contribution in [0.5, 0.6) is 0 Å². The number of hydrogen-bond acceptors (Lipinski definition) is 6. The lowest BCUT2D eigenvalue weighted by atomic mass is 10.1. The summed E-state index contributed by atoms with van der Waals surface area (Å²) in [5.74, 6) is 0.322. The minimum Gasteiger partial charge on any atom is -0.457 e. The zero-order valence-corrected chi connectivity index (χ0v) is 17.8. The molecule has 1 saturated heterocycles. The van der Waals surface area contributed by atoms with Gasteiger partial charge >= 0.3 is 0 Å². The highest BCUT2D eigenvalue weighted by Crippen LogP contribution is 2.37. The normalized spacial score (nSPS) is 15.2. The number of benzene rings is 2. The van der Waals surface area contributed by atoms with E-state index in [0.717, 1.165) is 28.6 Å². The number of halogens is 1. The quantitative estimate of drug-likeness (QED) is 0.254. The van der Waals surface area contributed by atoms with Crippen molar-refractivity contribution in [2.45, 2.75) is 13.3 Å². The van der Waals surface area contributed by atoms with Crippen molar-refractivity contribution in [2.75, 3.05) is 4.90 Å². The molecule has 156 valence electrons. The van der Waals surface area contributed by atoms with Gasteiger partial charge in [0.2, 0.25) is 0 Å². The van der Waals surface area contributed by atoms with E-state index in [9.17, 15) is 19.7 Å². The summed E-state index contributed by atoms with van der Waals surface area (Å²) in [5, 5.41) is 10.7. The molecule has 31 heavy (non-hydrogen) atoms. The van der Waals surface area contributed by atoms with Gasteiger partial charge in [-0.15, -0.1) is 0 Å². The SMILES string of the molecule is CCc1ccc(N2C(=O)S/C(=C/c3ccc(-c4ccc([N+](=O)[O-])cc4Cl)o3)C2=O)cc1. The van der Waals surface area contributed by atoms with Gasteiger partial charge in [0.1, 0.15) is 11.5 Å². The van der Waals surface area contributed by atoms with Crippen molar-refractivity contribution in [1.82, 2.24) is 0 Å². The predicted octanol–water partition coefficient (Wildman–Crippen LogP) is 6.31. The molecule has 0 bridgehead atoms. The number of amides is 2. The number of non-ortho nitro benzene ring substituents is 1. The van der Waals surface area contributed by atoms with Crippen LogP contribution in [-0.4, -0.2) is 16.1 Å². The van der Waals surface area contributed by atoms with Crippen molar-refractivity contribution < 1.29 is 18.9 Å². The van der Waals surface area contributed by atoms with Gasteiger partial charge in [-0.05, 0) is 54.1 Å². The second kappa shape index (κ2) is 8.41. The van der Waals surface area contributed by atoms with E-state index in [-0.39, 0.29) is 20.9 Å². The number of aryl methyl sites for hydroxylation is 1. The summed E-state index contributed by atoms with van der Waals surface area (Å²) in [7, 11) is 0. The van der Waals surface area contributed by atoms with Crippen LogP contribution in [0.25, 0.3) is 17.4 Å². The lowest BCUT2D eigenvalue weighted by Gasteiger charge is -2.12. The first-order valence-electron chi connectivity index (χ1n) is 9.28. The fraction of sp³-hybridized carbons (Fsp3) is 0.0909. The number of imide groups is 1. The van der Waals surface area contributed by atoms with Gasteiger partial charge in [0.15, 0.2) is 0 Å². The molecule has 1 aromatic heterocycles. The first-order valence-corrected chi connectivity index (χ1v) is 10.5. The van der Waals surface area contributed by atoms with Crippen LogP contribution in [0.15, 0.2) is 63.9 Å². The van der Waals surface area contributed by atoms with Crippen LogP contribution in [0.4, 0.5) is 16.2 Å². The van der Waals surface area contributed by atoms with Gasteiger partial charge < -0.3 is 4.42 Å². The van der Waals surface area contributed by atoms with E-state index in [1.54, 1.807) is 24.3 Å². The van der Waals surface area contributed by atoms with E-state index in [2.05, 4.69) is 0 Å². The third kappa shape index (κ3) is 4.12. The number of nitro groups is 1. The average Bonchev–Trinajstić information content (AvgIpc) is 3.32. The number of carbonyl (C=O) groups excluding carboxylic acids is 2. The Kier molecular flexibility index (Phi) is 5.67. The zero-order valence-electron chi connectivity index (χ0n) is 16.2. The fourth-order valence-corrected chi connectivity index (χ4v) is 4.18. The third-order valence-electron chi connectivity index (χ3n) is 4.73. The van der Waals surface area contributed by atoms with Gasteiger partial charge in [0, 0.05) is 23.8 Å². The Bertz CT molecular complexity index is 1230. The Labute approximate surface area is 186 Å². The highest BCUT2D eigenvalue weighted by atomic mass is 35.5. The molecule has 0 unspecified atom stereocenters. The Morgan fingerprint density at radius 2 is 1.87 bits per heavy atom. The van der Waals surface area contributed by atoms with Crippen LogP contribution in [0.2, 0.25) is 5.02 Å². The van der Waals surface area contributed by atoms with Crippen molar-refractivity contribution in [3.8, 4) is 11.3 Å². The van der Waals surface area contributed by atoms with Gasteiger partial charge in [-0.25, -0.2) is 4.90 Å². The van der Waals surface area contributed by atoms with Crippen LogP contribution >= 0.6 is 23.4 Å². The number of nitro benzene ring substituents is 1. The molecule has 1 aliphatic heterocycles. The third-order valence-corrected chi connectivity index (χ3v) is 5.91. The number of hydrogen-bond donors (Lipinski definition) is 0. The molecule has 2 aromatic carbocycles. The average molecular weight is 455 g/mol. The largest absolute Gasteiger partial charge is 0.457 e. The second-order valence-corrected chi connectivity index (χ2v) is 8.06. The van der Waals surface area contributed by atoms with Crippen molar-refractivity contribution in [2.24, 2.45) is 0 Å². The van der Waals surface area contributed by atoms with Gasteiger partial charge in [-0.2, -0.15) is 0 Å². The maximum absolute atomic E-state index is 12.8. The molecular weight excluding hydrogens is 440 g/mol. The minimum absolute atomic E-state index is 0.124. The van der Waals surface area contributed by atoms with E-state index in [1.165, 1.54) is 24.3 Å². The molecule has 2 amide bonds. The Hall–Kier alpha value is -3.36. The molecule has 0 aliphatic carbocycles. The van der Waals surface area contributed by atoms with Crippen LogP contribution in [0.1, 0.15) is 18.2 Å². The molecule has 9 heteroatoms. The summed E-state index contributed by atoms with van der Waals surface area (Å²) < 4.78 is 5.74. The molecule has 0 saturated carbocycles. The lowest BCUT2D eigenvalue weighted by Crippen LogP contribution is -2.27. The number of rotatable bonds is 5. The molecule has 2 heterocycles. The van der Waals surface area contributed by atoms with Crippen LogP contribution in [0, 0.1) is 10.1 Å². The Morgan fingerprint density at radius 1 is 1.13 bits per heavy atom. The van der Waals surface area contributed by atoms with E-state index < -0.39 is 10.8 Å². The van der Waals surface area contributed by atoms with E-state index in [4.69, 9.17) is 16.0 Å². The zero-order chi connectivity index (χ0) is 22.1. The molecule has 3 aromatic rings. The molecule has 0 spiro atoms. The summed E-state index contributed by atoms with van der Waals surface area (Å²) in [5.41, 5.74) is 1.98. The van der Waals surface area contributed by atoms with Gasteiger partial charge in [-0.3, -0.25) is 19.7 Å². The van der Waals surface area contributed by atoms with Gasteiger partial charge in [-0.1, -0.05) is 30.7 Å². The molecule has 4 rings (SSSR count). The molecule has 7 nitrogen and oxygen atoms in total. The fourth-order valence-electron chi connectivity index (χ4n) is 3.09. The lowest BCUT2D eigenvalue weighted by molar-refractivity contribution is -0.384. The van der Waals surface area contributed by atoms with Crippen LogP contribution < -0.4 is 4.90 Å². The number of furan rings is 1. The maximum atomic E-state index is 12.8.